The molecule has 1 amide bonds. The van der Waals surface area contributed by atoms with Crippen molar-refractivity contribution >= 4 is 5.91 Å². The first-order valence-corrected chi connectivity index (χ1v) is 7.18. The highest BCUT2D eigenvalue weighted by atomic mass is 16.1. The van der Waals surface area contributed by atoms with Crippen LogP contribution in [0.3, 0.4) is 0 Å². The predicted octanol–water partition coefficient (Wildman–Crippen LogP) is 2.81. The van der Waals surface area contributed by atoms with Gasteiger partial charge in [-0.25, -0.2) is 0 Å². The van der Waals surface area contributed by atoms with E-state index in [4.69, 9.17) is 0 Å². The zero-order valence-corrected chi connectivity index (χ0v) is 12.5. The number of hydrogen-bond donors (Lipinski definition) is 2. The standard InChI is InChI=1S/C16H26N2O/c1-5-12(3)17-11-16(19)18-13(4)15-9-7-14(6-2)8-10-15/h7-10,12-13,17H,5-6,11H2,1-4H3,(H,18,19). The first-order chi connectivity index (χ1) is 9.06. The molecule has 1 aromatic rings. The van der Waals surface area contributed by atoms with Crippen molar-refractivity contribution < 1.29 is 4.79 Å². The molecule has 1 rings (SSSR count). The van der Waals surface area contributed by atoms with E-state index in [1.807, 2.05) is 6.92 Å². The summed E-state index contributed by atoms with van der Waals surface area (Å²) in [5, 5.41) is 6.21. The number of carbonyl (C=O) groups is 1. The predicted molar refractivity (Wildman–Crippen MR) is 80.1 cm³/mol. The van der Waals surface area contributed by atoms with Crippen LogP contribution >= 0.6 is 0 Å². The lowest BCUT2D eigenvalue weighted by atomic mass is 10.1. The molecule has 3 heteroatoms. The van der Waals surface area contributed by atoms with E-state index in [1.165, 1.54) is 5.56 Å². The smallest absolute Gasteiger partial charge is 0.234 e. The summed E-state index contributed by atoms with van der Waals surface area (Å²) < 4.78 is 0. The Hall–Kier alpha value is -1.35. The second kappa shape index (κ2) is 7.95. The number of carbonyl (C=O) groups excluding carboxylic acids is 1. The van der Waals surface area contributed by atoms with Crippen molar-refractivity contribution in [2.75, 3.05) is 6.54 Å². The van der Waals surface area contributed by atoms with E-state index in [-0.39, 0.29) is 11.9 Å². The van der Waals surface area contributed by atoms with Crippen LogP contribution in [0, 0.1) is 0 Å². The normalized spacial score (nSPS) is 13.9. The van der Waals surface area contributed by atoms with Crippen LogP contribution < -0.4 is 10.6 Å². The molecule has 106 valence electrons. The van der Waals surface area contributed by atoms with Gasteiger partial charge in [0.2, 0.25) is 5.91 Å². The number of amides is 1. The van der Waals surface area contributed by atoms with E-state index in [9.17, 15) is 4.79 Å². The first kappa shape index (κ1) is 15.7. The second-order valence-corrected chi connectivity index (χ2v) is 5.07. The summed E-state index contributed by atoms with van der Waals surface area (Å²) in [5.41, 5.74) is 2.47. The van der Waals surface area contributed by atoms with Crippen LogP contribution in [0.5, 0.6) is 0 Å². The summed E-state index contributed by atoms with van der Waals surface area (Å²) in [6.45, 7) is 8.73. The van der Waals surface area contributed by atoms with Crippen LogP contribution in [0.4, 0.5) is 0 Å². The zero-order chi connectivity index (χ0) is 14.3. The largest absolute Gasteiger partial charge is 0.348 e. The summed E-state index contributed by atoms with van der Waals surface area (Å²) in [6.07, 6.45) is 2.07. The Morgan fingerprint density at radius 3 is 2.32 bits per heavy atom. The third-order valence-electron chi connectivity index (χ3n) is 3.49. The van der Waals surface area contributed by atoms with Gasteiger partial charge in [-0.1, -0.05) is 38.1 Å². The van der Waals surface area contributed by atoms with E-state index in [1.54, 1.807) is 0 Å². The van der Waals surface area contributed by atoms with Gasteiger partial charge in [0.25, 0.3) is 0 Å². The number of aryl methyl sites for hydroxylation is 1. The summed E-state index contributed by atoms with van der Waals surface area (Å²) in [5.74, 6) is 0.0485. The van der Waals surface area contributed by atoms with Crippen molar-refractivity contribution in [3.8, 4) is 0 Å². The lowest BCUT2D eigenvalue weighted by Crippen LogP contribution is -2.38. The summed E-state index contributed by atoms with van der Waals surface area (Å²) >= 11 is 0. The zero-order valence-electron chi connectivity index (χ0n) is 12.5. The molecule has 0 saturated heterocycles. The van der Waals surface area contributed by atoms with Crippen LogP contribution in [0.2, 0.25) is 0 Å². The van der Waals surface area contributed by atoms with Crippen LogP contribution in [-0.4, -0.2) is 18.5 Å². The average Bonchev–Trinajstić information content (AvgIpc) is 2.44. The maximum absolute atomic E-state index is 11.8. The Kier molecular flexibility index (Phi) is 6.57. The quantitative estimate of drug-likeness (QED) is 0.793. The van der Waals surface area contributed by atoms with Crippen LogP contribution in [0.1, 0.15) is 51.3 Å². The van der Waals surface area contributed by atoms with E-state index < -0.39 is 0 Å². The third kappa shape index (κ3) is 5.43. The Morgan fingerprint density at radius 1 is 1.16 bits per heavy atom. The molecule has 0 spiro atoms. The van der Waals surface area contributed by atoms with Crippen molar-refractivity contribution in [2.24, 2.45) is 0 Å². The average molecular weight is 262 g/mol. The van der Waals surface area contributed by atoms with Crippen LogP contribution in [-0.2, 0) is 11.2 Å². The van der Waals surface area contributed by atoms with E-state index in [2.05, 4.69) is 55.7 Å². The van der Waals surface area contributed by atoms with Gasteiger partial charge in [-0.05, 0) is 37.8 Å². The molecule has 1 aromatic carbocycles. The van der Waals surface area contributed by atoms with Gasteiger partial charge in [0, 0.05) is 6.04 Å². The molecule has 3 nitrogen and oxygen atoms in total. The van der Waals surface area contributed by atoms with Gasteiger partial charge in [-0.15, -0.1) is 0 Å². The van der Waals surface area contributed by atoms with Crippen molar-refractivity contribution in [3.63, 3.8) is 0 Å². The molecule has 0 fully saturated rings. The molecular weight excluding hydrogens is 236 g/mol. The van der Waals surface area contributed by atoms with Gasteiger partial charge in [0.15, 0.2) is 0 Å². The molecule has 0 saturated carbocycles. The van der Waals surface area contributed by atoms with Gasteiger partial charge < -0.3 is 10.6 Å². The fourth-order valence-electron chi connectivity index (χ4n) is 1.83. The second-order valence-electron chi connectivity index (χ2n) is 5.07. The van der Waals surface area contributed by atoms with Gasteiger partial charge >= 0.3 is 0 Å². The van der Waals surface area contributed by atoms with E-state index in [0.29, 0.717) is 12.6 Å². The van der Waals surface area contributed by atoms with Gasteiger partial charge in [-0.3, -0.25) is 4.79 Å². The molecule has 0 aliphatic carbocycles. The number of nitrogens with one attached hydrogen (secondary N) is 2. The highest BCUT2D eigenvalue weighted by Crippen LogP contribution is 2.13. The molecule has 0 bridgehead atoms. The molecule has 19 heavy (non-hydrogen) atoms. The minimum absolute atomic E-state index is 0.0485. The van der Waals surface area contributed by atoms with Gasteiger partial charge in [0.05, 0.1) is 12.6 Å². The van der Waals surface area contributed by atoms with Gasteiger partial charge in [-0.2, -0.15) is 0 Å². The van der Waals surface area contributed by atoms with Crippen LogP contribution in [0.15, 0.2) is 24.3 Å². The molecule has 0 radical (unpaired) electrons. The molecule has 2 atom stereocenters. The fraction of sp³-hybridized carbons (Fsp3) is 0.562. The number of rotatable bonds is 7. The van der Waals surface area contributed by atoms with E-state index in [0.717, 1.165) is 18.4 Å². The highest BCUT2D eigenvalue weighted by molar-refractivity contribution is 5.78. The lowest BCUT2D eigenvalue weighted by molar-refractivity contribution is -0.121. The van der Waals surface area contributed by atoms with Crippen molar-refractivity contribution in [3.05, 3.63) is 35.4 Å². The monoisotopic (exact) mass is 262 g/mol. The van der Waals surface area contributed by atoms with E-state index >= 15 is 0 Å². The number of hydrogen-bond acceptors (Lipinski definition) is 2. The molecular formula is C16H26N2O. The minimum atomic E-state index is 0.0485. The minimum Gasteiger partial charge on any atom is -0.348 e. The third-order valence-corrected chi connectivity index (χ3v) is 3.49. The molecule has 0 aromatic heterocycles. The molecule has 2 unspecified atom stereocenters. The van der Waals surface area contributed by atoms with Crippen molar-refractivity contribution in [1.82, 2.24) is 10.6 Å². The molecule has 0 heterocycles. The maximum Gasteiger partial charge on any atom is 0.234 e. The molecule has 0 aliphatic heterocycles. The molecule has 0 aliphatic rings. The number of benzene rings is 1. The summed E-state index contributed by atoms with van der Waals surface area (Å²) in [4.78, 5) is 11.8. The van der Waals surface area contributed by atoms with Crippen molar-refractivity contribution in [2.45, 2.75) is 52.6 Å². The summed E-state index contributed by atoms with van der Waals surface area (Å²) in [7, 11) is 0. The fourth-order valence-corrected chi connectivity index (χ4v) is 1.83. The lowest BCUT2D eigenvalue weighted by Gasteiger charge is -2.16. The Balaban J connectivity index is 2.44. The highest BCUT2D eigenvalue weighted by Gasteiger charge is 2.09. The first-order valence-electron chi connectivity index (χ1n) is 7.18. The summed E-state index contributed by atoms with van der Waals surface area (Å²) in [6, 6.07) is 8.85. The Morgan fingerprint density at radius 2 is 1.79 bits per heavy atom. The SMILES string of the molecule is CCc1ccc(C(C)NC(=O)CNC(C)CC)cc1. The Labute approximate surface area is 116 Å². The molecule has 2 N–H and O–H groups in total. The van der Waals surface area contributed by atoms with Crippen molar-refractivity contribution in [1.29, 1.82) is 0 Å². The topological polar surface area (TPSA) is 41.1 Å². The van der Waals surface area contributed by atoms with Crippen LogP contribution in [0.25, 0.3) is 0 Å². The Bertz CT molecular complexity index is 386. The van der Waals surface area contributed by atoms with Gasteiger partial charge in [0.1, 0.15) is 0 Å². The maximum atomic E-state index is 11.8.